The van der Waals surface area contributed by atoms with Gasteiger partial charge in [-0.2, -0.15) is 0 Å². The molecule has 1 aliphatic rings. The minimum atomic E-state index is -0.202. The highest BCUT2D eigenvalue weighted by Crippen LogP contribution is 2.27. The lowest BCUT2D eigenvalue weighted by molar-refractivity contribution is 0.628. The average Bonchev–Trinajstić information content (AvgIpc) is 2.47. The Bertz CT molecular complexity index is 592. The lowest BCUT2D eigenvalue weighted by Gasteiger charge is -2.27. The van der Waals surface area contributed by atoms with Crippen molar-refractivity contribution in [3.63, 3.8) is 0 Å². The van der Waals surface area contributed by atoms with Crippen molar-refractivity contribution in [2.45, 2.75) is 19.4 Å². The largest absolute Gasteiger partial charge is 0.381 e. The minimum absolute atomic E-state index is 0.202. The second-order valence-electron chi connectivity index (χ2n) is 5.35. The SMILES string of the molecule is CN1CCCc2cc(CNc3ccc(F)cc3)ccc21. The molecular weight excluding hydrogens is 251 g/mol. The minimum Gasteiger partial charge on any atom is -0.381 e. The van der Waals surface area contributed by atoms with E-state index in [4.69, 9.17) is 0 Å². The van der Waals surface area contributed by atoms with Crippen LogP contribution in [0.15, 0.2) is 42.5 Å². The molecule has 0 radical (unpaired) electrons. The number of nitrogens with one attached hydrogen (secondary N) is 1. The number of hydrogen-bond donors (Lipinski definition) is 1. The number of anilines is 2. The van der Waals surface area contributed by atoms with Gasteiger partial charge in [-0.25, -0.2) is 4.39 Å². The van der Waals surface area contributed by atoms with E-state index in [0.29, 0.717) is 0 Å². The van der Waals surface area contributed by atoms with Crippen molar-refractivity contribution in [1.82, 2.24) is 0 Å². The zero-order valence-electron chi connectivity index (χ0n) is 11.7. The van der Waals surface area contributed by atoms with Crippen molar-refractivity contribution in [3.05, 3.63) is 59.4 Å². The van der Waals surface area contributed by atoms with Crippen LogP contribution in [0, 0.1) is 5.82 Å². The topological polar surface area (TPSA) is 15.3 Å². The molecule has 1 aliphatic heterocycles. The van der Waals surface area contributed by atoms with E-state index in [0.717, 1.165) is 25.2 Å². The number of hydrogen-bond acceptors (Lipinski definition) is 2. The lowest BCUT2D eigenvalue weighted by atomic mass is 9.99. The third kappa shape index (κ3) is 2.77. The molecule has 1 heterocycles. The van der Waals surface area contributed by atoms with Crippen molar-refractivity contribution in [3.8, 4) is 0 Å². The summed E-state index contributed by atoms with van der Waals surface area (Å²) in [5, 5.41) is 3.33. The van der Waals surface area contributed by atoms with Crippen LogP contribution in [-0.2, 0) is 13.0 Å². The summed E-state index contributed by atoms with van der Waals surface area (Å²) in [7, 11) is 2.15. The standard InChI is InChI=1S/C17H19FN2/c1-20-10-2-3-14-11-13(4-9-17(14)20)12-19-16-7-5-15(18)6-8-16/h4-9,11,19H,2-3,10,12H2,1H3. The average molecular weight is 270 g/mol. The maximum absolute atomic E-state index is 12.8. The van der Waals surface area contributed by atoms with E-state index in [-0.39, 0.29) is 5.82 Å². The lowest BCUT2D eigenvalue weighted by Crippen LogP contribution is -2.24. The van der Waals surface area contributed by atoms with E-state index in [1.165, 1.54) is 35.4 Å². The van der Waals surface area contributed by atoms with E-state index < -0.39 is 0 Å². The van der Waals surface area contributed by atoms with Crippen LogP contribution in [0.25, 0.3) is 0 Å². The van der Waals surface area contributed by atoms with E-state index in [2.05, 4.69) is 35.5 Å². The molecule has 104 valence electrons. The molecule has 0 saturated heterocycles. The summed E-state index contributed by atoms with van der Waals surface area (Å²) in [5.41, 5.74) is 4.99. The van der Waals surface area contributed by atoms with Gasteiger partial charge in [0.1, 0.15) is 5.82 Å². The Kier molecular flexibility index (Phi) is 3.59. The smallest absolute Gasteiger partial charge is 0.123 e. The Morgan fingerprint density at radius 3 is 2.75 bits per heavy atom. The van der Waals surface area contributed by atoms with Crippen LogP contribution < -0.4 is 10.2 Å². The Morgan fingerprint density at radius 1 is 1.15 bits per heavy atom. The van der Waals surface area contributed by atoms with Gasteiger partial charge in [0.15, 0.2) is 0 Å². The molecule has 0 atom stereocenters. The first-order valence-corrected chi connectivity index (χ1v) is 7.05. The number of nitrogens with zero attached hydrogens (tertiary/aromatic N) is 1. The maximum Gasteiger partial charge on any atom is 0.123 e. The first kappa shape index (κ1) is 13.0. The Hall–Kier alpha value is -2.03. The van der Waals surface area contributed by atoms with Gasteiger partial charge in [-0.1, -0.05) is 12.1 Å². The Morgan fingerprint density at radius 2 is 1.95 bits per heavy atom. The molecule has 2 nitrogen and oxygen atoms in total. The number of fused-ring (bicyclic) bond motifs is 1. The molecule has 0 unspecified atom stereocenters. The van der Waals surface area contributed by atoms with Crippen molar-refractivity contribution in [2.24, 2.45) is 0 Å². The Balaban J connectivity index is 1.70. The van der Waals surface area contributed by atoms with E-state index >= 15 is 0 Å². The third-order valence-corrected chi connectivity index (χ3v) is 3.84. The molecule has 3 heteroatoms. The van der Waals surface area contributed by atoms with Crippen LogP contribution in [0.1, 0.15) is 17.5 Å². The fourth-order valence-corrected chi connectivity index (χ4v) is 2.72. The summed E-state index contributed by atoms with van der Waals surface area (Å²) >= 11 is 0. The molecule has 20 heavy (non-hydrogen) atoms. The maximum atomic E-state index is 12.8. The van der Waals surface area contributed by atoms with Crippen LogP contribution in [-0.4, -0.2) is 13.6 Å². The van der Waals surface area contributed by atoms with Crippen LogP contribution in [0.3, 0.4) is 0 Å². The van der Waals surface area contributed by atoms with Crippen LogP contribution in [0.4, 0.5) is 15.8 Å². The molecule has 0 aliphatic carbocycles. The van der Waals surface area contributed by atoms with Crippen molar-refractivity contribution in [2.75, 3.05) is 23.8 Å². The van der Waals surface area contributed by atoms with E-state index in [1.807, 2.05) is 0 Å². The predicted octanol–water partition coefficient (Wildman–Crippen LogP) is 3.82. The van der Waals surface area contributed by atoms with Crippen molar-refractivity contribution >= 4 is 11.4 Å². The molecule has 0 saturated carbocycles. The quantitative estimate of drug-likeness (QED) is 0.912. The molecule has 2 aromatic rings. The second kappa shape index (κ2) is 5.53. The summed E-state index contributed by atoms with van der Waals surface area (Å²) in [4.78, 5) is 2.32. The normalized spacial score (nSPS) is 14.0. The third-order valence-electron chi connectivity index (χ3n) is 3.84. The molecule has 0 bridgehead atoms. The highest BCUT2D eigenvalue weighted by molar-refractivity contribution is 5.56. The summed E-state index contributed by atoms with van der Waals surface area (Å²) in [6.07, 6.45) is 2.38. The van der Waals surface area contributed by atoms with Gasteiger partial charge in [0.2, 0.25) is 0 Å². The number of rotatable bonds is 3. The molecule has 3 rings (SSSR count). The van der Waals surface area contributed by atoms with Crippen LogP contribution in [0.2, 0.25) is 0 Å². The van der Waals surface area contributed by atoms with E-state index in [9.17, 15) is 4.39 Å². The Labute approximate surface area is 119 Å². The van der Waals surface area contributed by atoms with Gasteiger partial charge in [0, 0.05) is 31.5 Å². The summed E-state index contributed by atoms with van der Waals surface area (Å²) in [5.74, 6) is -0.202. The zero-order valence-corrected chi connectivity index (χ0v) is 11.7. The monoisotopic (exact) mass is 270 g/mol. The highest BCUT2D eigenvalue weighted by atomic mass is 19.1. The fraction of sp³-hybridized carbons (Fsp3) is 0.294. The molecule has 1 N–H and O–H groups in total. The fourth-order valence-electron chi connectivity index (χ4n) is 2.72. The number of benzene rings is 2. The highest BCUT2D eigenvalue weighted by Gasteiger charge is 2.13. The van der Waals surface area contributed by atoms with Crippen molar-refractivity contribution < 1.29 is 4.39 Å². The number of aryl methyl sites for hydroxylation is 1. The predicted molar refractivity (Wildman–Crippen MR) is 81.8 cm³/mol. The molecule has 2 aromatic carbocycles. The molecule has 0 spiro atoms. The zero-order chi connectivity index (χ0) is 13.9. The number of halogens is 1. The first-order chi connectivity index (χ1) is 9.72. The van der Waals surface area contributed by atoms with Gasteiger partial charge in [-0.3, -0.25) is 0 Å². The van der Waals surface area contributed by atoms with Gasteiger partial charge >= 0.3 is 0 Å². The molecule has 0 fully saturated rings. The van der Waals surface area contributed by atoms with Gasteiger partial charge in [-0.05, 0) is 54.3 Å². The summed E-state index contributed by atoms with van der Waals surface area (Å²) in [6, 6.07) is 13.1. The molecular formula is C17H19FN2. The van der Waals surface area contributed by atoms with Crippen LogP contribution >= 0.6 is 0 Å². The van der Waals surface area contributed by atoms with Gasteiger partial charge < -0.3 is 10.2 Å². The van der Waals surface area contributed by atoms with E-state index in [1.54, 1.807) is 12.1 Å². The van der Waals surface area contributed by atoms with Gasteiger partial charge in [-0.15, -0.1) is 0 Å². The molecule has 0 amide bonds. The van der Waals surface area contributed by atoms with Crippen LogP contribution in [0.5, 0.6) is 0 Å². The summed E-state index contributed by atoms with van der Waals surface area (Å²) < 4.78 is 12.8. The second-order valence-corrected chi connectivity index (χ2v) is 5.35. The van der Waals surface area contributed by atoms with Crippen molar-refractivity contribution in [1.29, 1.82) is 0 Å². The first-order valence-electron chi connectivity index (χ1n) is 7.05. The van der Waals surface area contributed by atoms with Gasteiger partial charge in [0.25, 0.3) is 0 Å². The van der Waals surface area contributed by atoms with Gasteiger partial charge in [0.05, 0.1) is 0 Å². The molecule has 0 aromatic heterocycles. The summed E-state index contributed by atoms with van der Waals surface area (Å²) in [6.45, 7) is 1.91.